The Hall–Kier alpha value is -1.18. The fourth-order valence-corrected chi connectivity index (χ4v) is 0.687. The van der Waals surface area contributed by atoms with E-state index in [1.54, 1.807) is 20.3 Å². The summed E-state index contributed by atoms with van der Waals surface area (Å²) in [5.74, 6) is 1.33. The lowest BCUT2D eigenvalue weighted by Crippen LogP contribution is -1.91. The molecule has 0 fully saturated rings. The van der Waals surface area contributed by atoms with Crippen molar-refractivity contribution in [1.82, 2.24) is 0 Å². The number of hydrogen-bond donors (Lipinski definition) is 0. The molecule has 0 radical (unpaired) electrons. The third-order valence-corrected chi connectivity index (χ3v) is 1.19. The Morgan fingerprint density at radius 1 is 1.14 bits per heavy atom. The summed E-state index contributed by atoms with van der Waals surface area (Å²) in [4.78, 5) is 0. The van der Waals surface area contributed by atoms with Crippen LogP contribution >= 0.6 is 0 Å². The molecule has 0 aliphatic carbocycles. The fraction of sp³-hybridized carbons (Fsp3) is 0.500. The second kappa shape index (κ2) is 11.8. The Bertz CT molecular complexity index is 190. The molecule has 0 aromatic carbocycles. The van der Waals surface area contributed by atoms with Crippen LogP contribution < -0.4 is 0 Å². The van der Waals surface area contributed by atoms with Crippen LogP contribution in [0.3, 0.4) is 0 Å². The van der Waals surface area contributed by atoms with Crippen LogP contribution in [0.15, 0.2) is 36.3 Å². The Morgan fingerprint density at radius 3 is 1.79 bits per heavy atom. The molecule has 0 rings (SSSR count). The lowest BCUT2D eigenvalue weighted by molar-refractivity contribution is 0.242. The van der Waals surface area contributed by atoms with Gasteiger partial charge in [-0.2, -0.15) is 0 Å². The van der Waals surface area contributed by atoms with Crippen LogP contribution in [-0.4, -0.2) is 14.2 Å². The maximum absolute atomic E-state index is 5.03. The van der Waals surface area contributed by atoms with Crippen LogP contribution in [0.5, 0.6) is 0 Å². The summed E-state index contributed by atoms with van der Waals surface area (Å²) in [7, 11) is 3.18. The molecule has 0 amide bonds. The van der Waals surface area contributed by atoms with Gasteiger partial charge in [0.05, 0.1) is 14.2 Å². The first-order valence-electron chi connectivity index (χ1n) is 4.79. The molecule has 14 heavy (non-hydrogen) atoms. The van der Waals surface area contributed by atoms with E-state index in [0.29, 0.717) is 11.5 Å². The highest BCUT2D eigenvalue weighted by molar-refractivity contribution is 5.22. The lowest BCUT2D eigenvalue weighted by Gasteiger charge is -2.05. The molecule has 0 aliphatic rings. The first-order valence-corrected chi connectivity index (χ1v) is 4.79. The summed E-state index contributed by atoms with van der Waals surface area (Å²) < 4.78 is 10.0. The van der Waals surface area contributed by atoms with Crippen LogP contribution in [-0.2, 0) is 9.47 Å². The first kappa shape index (κ1) is 15.3. The van der Waals surface area contributed by atoms with Crippen molar-refractivity contribution in [2.24, 2.45) is 0 Å². The molecule has 0 aliphatic heterocycles. The van der Waals surface area contributed by atoms with Gasteiger partial charge in [-0.25, -0.2) is 0 Å². The normalized spacial score (nSPS) is 11.2. The van der Waals surface area contributed by atoms with Crippen LogP contribution in [0, 0.1) is 0 Å². The van der Waals surface area contributed by atoms with Crippen molar-refractivity contribution in [2.45, 2.75) is 27.2 Å². The van der Waals surface area contributed by atoms with Crippen molar-refractivity contribution in [2.75, 3.05) is 14.2 Å². The van der Waals surface area contributed by atoms with Gasteiger partial charge in [0.15, 0.2) is 11.5 Å². The topological polar surface area (TPSA) is 18.5 Å². The van der Waals surface area contributed by atoms with Crippen molar-refractivity contribution in [3.8, 4) is 0 Å². The van der Waals surface area contributed by atoms with E-state index in [4.69, 9.17) is 9.47 Å². The number of rotatable bonds is 4. The molecule has 0 N–H and O–H groups in total. The molecule has 0 spiro atoms. The summed E-state index contributed by atoms with van der Waals surface area (Å²) >= 11 is 0. The second-order valence-corrected chi connectivity index (χ2v) is 2.55. The van der Waals surface area contributed by atoms with Gasteiger partial charge in [-0.1, -0.05) is 32.9 Å². The van der Waals surface area contributed by atoms with Crippen molar-refractivity contribution < 1.29 is 9.47 Å². The minimum Gasteiger partial charge on any atom is -0.493 e. The molecular weight excluding hydrogens is 176 g/mol. The minimum atomic E-state index is 0.644. The SMILES string of the molecule is C=C/C(OC)=C(\C=C/C)OC.CCC. The highest BCUT2D eigenvalue weighted by Gasteiger charge is 1.97. The van der Waals surface area contributed by atoms with Gasteiger partial charge in [-0.05, 0) is 19.1 Å². The van der Waals surface area contributed by atoms with Gasteiger partial charge in [-0.3, -0.25) is 0 Å². The van der Waals surface area contributed by atoms with E-state index in [1.807, 2.05) is 19.1 Å². The van der Waals surface area contributed by atoms with Crippen LogP contribution in [0.25, 0.3) is 0 Å². The highest BCUT2D eigenvalue weighted by atomic mass is 16.5. The van der Waals surface area contributed by atoms with E-state index in [0.717, 1.165) is 0 Å². The van der Waals surface area contributed by atoms with Gasteiger partial charge in [0.25, 0.3) is 0 Å². The van der Waals surface area contributed by atoms with Crippen molar-refractivity contribution in [3.05, 3.63) is 36.3 Å². The molecule has 0 aromatic heterocycles. The molecule has 0 saturated carbocycles. The third kappa shape index (κ3) is 7.47. The number of hydrogen-bond acceptors (Lipinski definition) is 2. The van der Waals surface area contributed by atoms with Gasteiger partial charge < -0.3 is 9.47 Å². The molecule has 0 heterocycles. The Labute approximate surface area is 87.9 Å². The maximum Gasteiger partial charge on any atom is 0.160 e. The van der Waals surface area contributed by atoms with E-state index in [2.05, 4.69) is 20.4 Å². The Kier molecular flexibility index (Phi) is 12.9. The summed E-state index contributed by atoms with van der Waals surface area (Å²) in [6, 6.07) is 0. The van der Waals surface area contributed by atoms with E-state index in [1.165, 1.54) is 6.42 Å². The van der Waals surface area contributed by atoms with E-state index in [-0.39, 0.29) is 0 Å². The molecule has 0 aromatic rings. The second-order valence-electron chi connectivity index (χ2n) is 2.55. The first-order chi connectivity index (χ1) is 6.71. The predicted octanol–water partition coefficient (Wildman–Crippen LogP) is 3.67. The van der Waals surface area contributed by atoms with Gasteiger partial charge >= 0.3 is 0 Å². The quantitative estimate of drug-likeness (QED) is 0.507. The standard InChI is InChI=1S/C9H14O2.C3H8/c1-5-7-9(11-4)8(6-2)10-3;1-3-2/h5-7H,2H2,1,3-4H3;3H2,1-2H3/b7-5-,9-8-;. The van der Waals surface area contributed by atoms with E-state index in [9.17, 15) is 0 Å². The van der Waals surface area contributed by atoms with Gasteiger partial charge in [0, 0.05) is 0 Å². The molecule has 2 nitrogen and oxygen atoms in total. The van der Waals surface area contributed by atoms with Crippen molar-refractivity contribution in [3.63, 3.8) is 0 Å². The highest BCUT2D eigenvalue weighted by Crippen LogP contribution is 2.08. The Balaban J connectivity index is 0. The molecule has 0 atom stereocenters. The lowest BCUT2D eigenvalue weighted by atomic mass is 10.3. The van der Waals surface area contributed by atoms with E-state index < -0.39 is 0 Å². The molecule has 2 heteroatoms. The van der Waals surface area contributed by atoms with Crippen molar-refractivity contribution in [1.29, 1.82) is 0 Å². The smallest absolute Gasteiger partial charge is 0.160 e. The molecule has 0 saturated heterocycles. The average molecular weight is 198 g/mol. The fourth-order valence-electron chi connectivity index (χ4n) is 0.687. The number of methoxy groups -OCH3 is 2. The summed E-state index contributed by atoms with van der Waals surface area (Å²) in [6.45, 7) is 9.75. The summed E-state index contributed by atoms with van der Waals surface area (Å²) in [6.07, 6.45) is 6.56. The average Bonchev–Trinajstić information content (AvgIpc) is 2.19. The Morgan fingerprint density at radius 2 is 1.57 bits per heavy atom. The largest absolute Gasteiger partial charge is 0.493 e. The summed E-state index contributed by atoms with van der Waals surface area (Å²) in [5, 5.41) is 0. The monoisotopic (exact) mass is 198 g/mol. The van der Waals surface area contributed by atoms with Gasteiger partial charge in [0.1, 0.15) is 0 Å². The number of ether oxygens (including phenoxy) is 2. The predicted molar refractivity (Wildman–Crippen MR) is 62.0 cm³/mol. The molecule has 82 valence electrons. The molecule has 0 unspecified atom stereocenters. The van der Waals surface area contributed by atoms with E-state index >= 15 is 0 Å². The van der Waals surface area contributed by atoms with Crippen LogP contribution in [0.1, 0.15) is 27.2 Å². The third-order valence-electron chi connectivity index (χ3n) is 1.19. The van der Waals surface area contributed by atoms with Gasteiger partial charge in [-0.15, -0.1) is 0 Å². The zero-order valence-electron chi connectivity index (χ0n) is 9.96. The van der Waals surface area contributed by atoms with Crippen LogP contribution in [0.2, 0.25) is 0 Å². The molecule has 0 bridgehead atoms. The number of allylic oxidation sites excluding steroid dienone is 3. The summed E-state index contributed by atoms with van der Waals surface area (Å²) in [5.41, 5.74) is 0. The maximum atomic E-state index is 5.03. The van der Waals surface area contributed by atoms with Crippen LogP contribution in [0.4, 0.5) is 0 Å². The molecular formula is C12H22O2. The van der Waals surface area contributed by atoms with Crippen molar-refractivity contribution >= 4 is 0 Å². The van der Waals surface area contributed by atoms with Gasteiger partial charge in [0.2, 0.25) is 0 Å². The zero-order chi connectivity index (χ0) is 11.4. The minimum absolute atomic E-state index is 0.644. The zero-order valence-corrected chi connectivity index (χ0v) is 9.96.